The van der Waals surface area contributed by atoms with E-state index in [0.717, 1.165) is 42.2 Å². The number of carbonyl (C=O) groups is 1. The van der Waals surface area contributed by atoms with Crippen LogP contribution in [0.5, 0.6) is 0 Å². The number of sulfonamides is 1. The number of anilines is 1. The Morgan fingerprint density at radius 2 is 1.61 bits per heavy atom. The van der Waals surface area contributed by atoms with E-state index < -0.39 is 10.0 Å². The standard InChI is InChI=1S/C22H26N2O3S/c1-17-7-9-18(10-8-17)15-16-28(26,27)24-21-13-11-19(12-14-21)22(25)23-20-5-3-2-4-6-20/h7-16,20,24H,2-6H2,1H3,(H,23,25). The molecule has 1 amide bonds. The summed E-state index contributed by atoms with van der Waals surface area (Å²) in [7, 11) is -3.63. The molecule has 148 valence electrons. The highest BCUT2D eigenvalue weighted by Crippen LogP contribution is 2.18. The van der Waals surface area contributed by atoms with Crippen LogP contribution < -0.4 is 10.0 Å². The van der Waals surface area contributed by atoms with Crippen molar-refractivity contribution in [3.63, 3.8) is 0 Å². The van der Waals surface area contributed by atoms with E-state index in [2.05, 4.69) is 10.0 Å². The fourth-order valence-corrected chi connectivity index (χ4v) is 4.12. The van der Waals surface area contributed by atoms with Gasteiger partial charge in [-0.3, -0.25) is 9.52 Å². The second-order valence-electron chi connectivity index (χ2n) is 7.25. The smallest absolute Gasteiger partial charge is 0.255 e. The molecule has 0 aromatic heterocycles. The first kappa shape index (κ1) is 20.1. The maximum Gasteiger partial charge on any atom is 0.255 e. The van der Waals surface area contributed by atoms with Gasteiger partial charge in [0.2, 0.25) is 0 Å². The average Bonchev–Trinajstić information content (AvgIpc) is 2.68. The van der Waals surface area contributed by atoms with Gasteiger partial charge in [-0.05, 0) is 55.7 Å². The molecule has 1 fully saturated rings. The minimum Gasteiger partial charge on any atom is -0.349 e. The Kier molecular flexibility index (Phi) is 6.52. The average molecular weight is 399 g/mol. The van der Waals surface area contributed by atoms with Crippen LogP contribution in [-0.2, 0) is 10.0 Å². The Balaban J connectivity index is 1.59. The molecule has 28 heavy (non-hydrogen) atoms. The first-order chi connectivity index (χ1) is 13.4. The minimum atomic E-state index is -3.63. The number of hydrogen-bond donors (Lipinski definition) is 2. The molecule has 1 aliphatic rings. The van der Waals surface area contributed by atoms with Crippen LogP contribution in [0, 0.1) is 6.92 Å². The summed E-state index contributed by atoms with van der Waals surface area (Å²) in [6.45, 7) is 1.98. The van der Waals surface area contributed by atoms with Crippen LogP contribution in [-0.4, -0.2) is 20.4 Å². The molecule has 6 heteroatoms. The number of hydrogen-bond acceptors (Lipinski definition) is 3. The van der Waals surface area contributed by atoms with Crippen LogP contribution in [0.15, 0.2) is 53.9 Å². The predicted molar refractivity (Wildman–Crippen MR) is 114 cm³/mol. The maximum absolute atomic E-state index is 12.3. The van der Waals surface area contributed by atoms with Crippen LogP contribution in [0.3, 0.4) is 0 Å². The van der Waals surface area contributed by atoms with E-state index in [1.54, 1.807) is 30.3 Å². The predicted octanol–water partition coefficient (Wildman–Crippen LogP) is 4.47. The summed E-state index contributed by atoms with van der Waals surface area (Å²) in [5.74, 6) is -0.111. The van der Waals surface area contributed by atoms with Crippen molar-refractivity contribution in [2.45, 2.75) is 45.1 Å². The Labute approximate surface area is 166 Å². The van der Waals surface area contributed by atoms with Crippen molar-refractivity contribution in [1.82, 2.24) is 5.32 Å². The Bertz CT molecular complexity index is 927. The highest BCUT2D eigenvalue weighted by atomic mass is 32.2. The van der Waals surface area contributed by atoms with Gasteiger partial charge >= 0.3 is 0 Å². The molecular weight excluding hydrogens is 372 g/mol. The fraction of sp³-hybridized carbons (Fsp3) is 0.318. The molecule has 1 saturated carbocycles. The Morgan fingerprint density at radius 3 is 2.25 bits per heavy atom. The van der Waals surface area contributed by atoms with Crippen molar-refractivity contribution in [2.24, 2.45) is 0 Å². The van der Waals surface area contributed by atoms with Gasteiger partial charge in [0.1, 0.15) is 0 Å². The quantitative estimate of drug-likeness (QED) is 0.754. The summed E-state index contributed by atoms with van der Waals surface area (Å²) < 4.78 is 27.0. The number of aryl methyl sites for hydroxylation is 1. The van der Waals surface area contributed by atoms with Gasteiger partial charge in [0.25, 0.3) is 15.9 Å². The second kappa shape index (κ2) is 9.06. The Morgan fingerprint density at radius 1 is 0.964 bits per heavy atom. The lowest BCUT2D eigenvalue weighted by atomic mass is 9.95. The first-order valence-electron chi connectivity index (χ1n) is 9.60. The van der Waals surface area contributed by atoms with Gasteiger partial charge in [-0.2, -0.15) is 0 Å². The number of benzene rings is 2. The van der Waals surface area contributed by atoms with Crippen LogP contribution in [0.1, 0.15) is 53.6 Å². The topological polar surface area (TPSA) is 75.3 Å². The van der Waals surface area contributed by atoms with Crippen LogP contribution >= 0.6 is 0 Å². The van der Waals surface area contributed by atoms with Crippen LogP contribution in [0.4, 0.5) is 5.69 Å². The Hall–Kier alpha value is -2.60. The molecule has 0 aliphatic heterocycles. The zero-order chi connectivity index (χ0) is 20.0. The lowest BCUT2D eigenvalue weighted by Crippen LogP contribution is -2.36. The molecule has 2 aromatic carbocycles. The molecule has 0 bridgehead atoms. The van der Waals surface area contributed by atoms with Crippen molar-refractivity contribution >= 4 is 27.7 Å². The van der Waals surface area contributed by atoms with Crippen molar-refractivity contribution in [3.05, 3.63) is 70.6 Å². The van der Waals surface area contributed by atoms with E-state index >= 15 is 0 Å². The summed E-state index contributed by atoms with van der Waals surface area (Å²) in [4.78, 5) is 12.3. The molecule has 3 rings (SSSR count). The zero-order valence-electron chi connectivity index (χ0n) is 16.0. The van der Waals surface area contributed by atoms with Gasteiger partial charge in [0.05, 0.1) is 5.41 Å². The number of carbonyl (C=O) groups excluding carboxylic acids is 1. The lowest BCUT2D eigenvalue weighted by Gasteiger charge is -2.22. The molecule has 0 atom stereocenters. The van der Waals surface area contributed by atoms with Gasteiger partial charge in [-0.1, -0.05) is 49.1 Å². The third-order valence-corrected chi connectivity index (χ3v) is 5.88. The molecule has 0 saturated heterocycles. The number of amides is 1. The molecule has 0 unspecified atom stereocenters. The molecule has 0 heterocycles. The molecule has 0 radical (unpaired) electrons. The molecule has 2 N–H and O–H groups in total. The summed E-state index contributed by atoms with van der Waals surface area (Å²) in [5, 5.41) is 4.20. The highest BCUT2D eigenvalue weighted by Gasteiger charge is 2.16. The summed E-state index contributed by atoms with van der Waals surface area (Å²) in [6, 6.07) is 14.3. The number of nitrogens with one attached hydrogen (secondary N) is 2. The van der Waals surface area contributed by atoms with Crippen LogP contribution in [0.25, 0.3) is 6.08 Å². The van der Waals surface area contributed by atoms with Gasteiger partial charge in [-0.15, -0.1) is 0 Å². The molecule has 2 aromatic rings. The largest absolute Gasteiger partial charge is 0.349 e. The van der Waals surface area contributed by atoms with Crippen molar-refractivity contribution in [3.8, 4) is 0 Å². The summed E-state index contributed by atoms with van der Waals surface area (Å²) in [5.41, 5.74) is 2.88. The van der Waals surface area contributed by atoms with E-state index in [9.17, 15) is 13.2 Å². The van der Waals surface area contributed by atoms with Crippen molar-refractivity contribution in [1.29, 1.82) is 0 Å². The third kappa shape index (κ3) is 5.96. The maximum atomic E-state index is 12.3. The summed E-state index contributed by atoms with van der Waals surface area (Å²) >= 11 is 0. The lowest BCUT2D eigenvalue weighted by molar-refractivity contribution is 0.0927. The van der Waals surface area contributed by atoms with E-state index in [-0.39, 0.29) is 11.9 Å². The van der Waals surface area contributed by atoms with Crippen LogP contribution in [0.2, 0.25) is 0 Å². The van der Waals surface area contributed by atoms with Gasteiger partial charge in [-0.25, -0.2) is 8.42 Å². The minimum absolute atomic E-state index is 0.111. The SMILES string of the molecule is Cc1ccc(C=CS(=O)(=O)Nc2ccc(C(=O)NC3CCCCC3)cc2)cc1. The summed E-state index contributed by atoms with van der Waals surface area (Å²) in [6.07, 6.45) is 7.14. The molecule has 5 nitrogen and oxygen atoms in total. The first-order valence-corrected chi connectivity index (χ1v) is 11.1. The monoisotopic (exact) mass is 398 g/mol. The third-order valence-electron chi connectivity index (χ3n) is 4.86. The van der Waals surface area contributed by atoms with E-state index in [1.165, 1.54) is 6.42 Å². The van der Waals surface area contributed by atoms with Crippen molar-refractivity contribution in [2.75, 3.05) is 4.72 Å². The zero-order valence-corrected chi connectivity index (χ0v) is 16.8. The molecular formula is C22H26N2O3S. The van der Waals surface area contributed by atoms with E-state index in [1.807, 2.05) is 31.2 Å². The molecule has 1 aliphatic carbocycles. The second-order valence-corrected chi connectivity index (χ2v) is 8.81. The normalized spacial score (nSPS) is 15.5. The van der Waals surface area contributed by atoms with E-state index in [0.29, 0.717) is 11.3 Å². The van der Waals surface area contributed by atoms with Gasteiger partial charge < -0.3 is 5.32 Å². The van der Waals surface area contributed by atoms with E-state index in [4.69, 9.17) is 0 Å². The number of rotatable bonds is 6. The van der Waals surface area contributed by atoms with Gasteiger partial charge in [0, 0.05) is 17.3 Å². The van der Waals surface area contributed by atoms with Gasteiger partial charge in [0.15, 0.2) is 0 Å². The fourth-order valence-electron chi connectivity index (χ4n) is 3.25. The molecule has 0 spiro atoms. The van der Waals surface area contributed by atoms with Crippen molar-refractivity contribution < 1.29 is 13.2 Å². The highest BCUT2D eigenvalue weighted by molar-refractivity contribution is 7.95.